The van der Waals surface area contributed by atoms with Gasteiger partial charge in [-0.15, -0.1) is 0 Å². The molecule has 5 nitrogen and oxygen atoms in total. The van der Waals surface area contributed by atoms with Crippen LogP contribution in [0.15, 0.2) is 22.7 Å². The Kier molecular flexibility index (Phi) is 4.50. The normalized spacial score (nSPS) is 9.12. The Bertz CT molecular complexity index is 499. The van der Waals surface area contributed by atoms with Crippen LogP contribution in [0.3, 0.4) is 0 Å². The maximum atomic E-state index is 11.9. The van der Waals surface area contributed by atoms with Crippen molar-refractivity contribution in [3.8, 4) is 12.1 Å². The smallest absolute Gasteiger partial charge is 0.255 e. The van der Waals surface area contributed by atoms with E-state index in [1.807, 2.05) is 12.1 Å². The molecule has 0 saturated heterocycles. The predicted octanol–water partition coefficient (Wildman–Crippen LogP) is 1.52. The molecule has 0 heterocycles. The minimum Gasteiger partial charge on any atom is -0.398 e. The van der Waals surface area contributed by atoms with Crippen LogP contribution in [0, 0.1) is 22.7 Å². The SMILES string of the molecule is N#CCN(CC#N)C(=O)c1ccc(Br)c(N)c1. The van der Waals surface area contributed by atoms with Gasteiger partial charge in [0.15, 0.2) is 0 Å². The summed E-state index contributed by atoms with van der Waals surface area (Å²) in [5.74, 6) is -0.382. The third-order valence-corrected chi connectivity index (χ3v) is 2.78. The topological polar surface area (TPSA) is 93.9 Å². The van der Waals surface area contributed by atoms with Crippen LogP contribution in [0.5, 0.6) is 0 Å². The lowest BCUT2D eigenvalue weighted by atomic mass is 10.2. The first-order chi connectivity index (χ1) is 8.10. The Morgan fingerprint density at radius 2 is 1.94 bits per heavy atom. The highest BCUT2D eigenvalue weighted by Crippen LogP contribution is 2.20. The molecule has 1 aromatic rings. The van der Waals surface area contributed by atoms with Crippen molar-refractivity contribution in [1.29, 1.82) is 10.5 Å². The zero-order valence-corrected chi connectivity index (χ0v) is 10.4. The van der Waals surface area contributed by atoms with Crippen LogP contribution in [0.2, 0.25) is 0 Å². The molecule has 17 heavy (non-hydrogen) atoms. The van der Waals surface area contributed by atoms with E-state index in [9.17, 15) is 4.79 Å². The highest BCUT2D eigenvalue weighted by atomic mass is 79.9. The van der Waals surface area contributed by atoms with Crippen molar-refractivity contribution in [2.24, 2.45) is 0 Å². The third-order valence-electron chi connectivity index (χ3n) is 2.05. The van der Waals surface area contributed by atoms with Crippen LogP contribution >= 0.6 is 15.9 Å². The molecular weight excluding hydrogens is 284 g/mol. The molecule has 0 aliphatic rings. The highest BCUT2D eigenvalue weighted by Gasteiger charge is 2.15. The van der Waals surface area contributed by atoms with E-state index in [0.717, 1.165) is 4.90 Å². The fourth-order valence-corrected chi connectivity index (χ4v) is 1.48. The largest absolute Gasteiger partial charge is 0.398 e. The van der Waals surface area contributed by atoms with Gasteiger partial charge in [0.2, 0.25) is 0 Å². The van der Waals surface area contributed by atoms with Gasteiger partial charge >= 0.3 is 0 Å². The number of nitriles is 2. The van der Waals surface area contributed by atoms with Crippen LogP contribution in [-0.4, -0.2) is 23.9 Å². The molecule has 1 amide bonds. The lowest BCUT2D eigenvalue weighted by molar-refractivity contribution is 0.0795. The molecule has 0 unspecified atom stereocenters. The summed E-state index contributed by atoms with van der Waals surface area (Å²) < 4.78 is 0.696. The lowest BCUT2D eigenvalue weighted by Gasteiger charge is -2.16. The van der Waals surface area contributed by atoms with E-state index in [4.69, 9.17) is 16.3 Å². The molecular formula is C11H9BrN4O. The predicted molar refractivity (Wildman–Crippen MR) is 65.7 cm³/mol. The molecule has 1 aromatic carbocycles. The molecule has 0 aliphatic carbocycles. The number of halogens is 1. The molecule has 0 fully saturated rings. The monoisotopic (exact) mass is 292 g/mol. The zero-order valence-electron chi connectivity index (χ0n) is 8.85. The summed E-state index contributed by atoms with van der Waals surface area (Å²) in [7, 11) is 0. The van der Waals surface area contributed by atoms with Gasteiger partial charge in [-0.3, -0.25) is 4.79 Å². The third kappa shape index (κ3) is 3.20. The van der Waals surface area contributed by atoms with Crippen molar-refractivity contribution in [2.45, 2.75) is 0 Å². The molecule has 0 spiro atoms. The van der Waals surface area contributed by atoms with Crippen molar-refractivity contribution in [3.63, 3.8) is 0 Å². The number of carbonyl (C=O) groups excluding carboxylic acids is 1. The summed E-state index contributed by atoms with van der Waals surface area (Å²) in [6.07, 6.45) is 0. The Morgan fingerprint density at radius 3 is 2.41 bits per heavy atom. The van der Waals surface area contributed by atoms with E-state index in [2.05, 4.69) is 15.9 Å². The first kappa shape index (κ1) is 13.0. The number of anilines is 1. The van der Waals surface area contributed by atoms with Crippen molar-refractivity contribution in [2.75, 3.05) is 18.8 Å². The number of nitrogens with zero attached hydrogens (tertiary/aromatic N) is 3. The first-order valence-corrected chi connectivity index (χ1v) is 5.47. The summed E-state index contributed by atoms with van der Waals surface area (Å²) in [6.45, 7) is -0.245. The quantitative estimate of drug-likeness (QED) is 0.675. The molecule has 0 bridgehead atoms. The van der Waals surface area contributed by atoms with Gasteiger partial charge in [0.1, 0.15) is 13.1 Å². The molecule has 86 valence electrons. The van der Waals surface area contributed by atoms with Crippen molar-refractivity contribution < 1.29 is 4.79 Å². The van der Waals surface area contributed by atoms with Crippen LogP contribution in [0.25, 0.3) is 0 Å². The molecule has 1 rings (SSSR count). The van der Waals surface area contributed by atoms with Gasteiger partial charge in [-0.2, -0.15) is 10.5 Å². The summed E-state index contributed by atoms with van der Waals surface area (Å²) in [4.78, 5) is 13.1. The van der Waals surface area contributed by atoms with Gasteiger partial charge in [0.05, 0.1) is 12.1 Å². The second-order valence-corrected chi connectivity index (χ2v) is 4.07. The number of hydrogen-bond acceptors (Lipinski definition) is 4. The molecule has 0 atom stereocenters. The number of carbonyl (C=O) groups is 1. The van der Waals surface area contributed by atoms with Crippen molar-refractivity contribution in [1.82, 2.24) is 4.90 Å². The maximum Gasteiger partial charge on any atom is 0.255 e. The molecule has 0 aromatic heterocycles. The van der Waals surface area contributed by atoms with Gasteiger partial charge in [-0.25, -0.2) is 0 Å². The van der Waals surface area contributed by atoms with E-state index in [0.29, 0.717) is 15.7 Å². The number of nitrogens with two attached hydrogens (primary N) is 1. The van der Waals surface area contributed by atoms with E-state index in [1.165, 1.54) is 6.07 Å². The minimum absolute atomic E-state index is 0.123. The Morgan fingerprint density at radius 1 is 1.35 bits per heavy atom. The molecule has 6 heteroatoms. The molecule has 0 aliphatic heterocycles. The van der Waals surface area contributed by atoms with Crippen LogP contribution in [-0.2, 0) is 0 Å². The van der Waals surface area contributed by atoms with E-state index >= 15 is 0 Å². The Hall–Kier alpha value is -2.05. The average molecular weight is 293 g/mol. The Labute approximate surface area is 107 Å². The number of rotatable bonds is 3. The zero-order chi connectivity index (χ0) is 12.8. The molecule has 2 N–H and O–H groups in total. The number of amides is 1. The Balaban J connectivity index is 2.98. The fourth-order valence-electron chi connectivity index (χ4n) is 1.23. The summed E-state index contributed by atoms with van der Waals surface area (Å²) >= 11 is 3.22. The average Bonchev–Trinajstić information content (AvgIpc) is 2.31. The summed E-state index contributed by atoms with van der Waals surface area (Å²) in [5, 5.41) is 17.1. The fraction of sp³-hybridized carbons (Fsp3) is 0.182. The van der Waals surface area contributed by atoms with Crippen molar-refractivity contribution in [3.05, 3.63) is 28.2 Å². The standard InChI is InChI=1S/C11H9BrN4O/c12-9-2-1-8(7-10(9)15)11(17)16(5-3-13)6-4-14/h1-2,7H,5-6,15H2. The van der Waals surface area contributed by atoms with Crippen molar-refractivity contribution >= 4 is 27.5 Å². The van der Waals surface area contributed by atoms with Gasteiger partial charge in [0, 0.05) is 15.7 Å². The van der Waals surface area contributed by atoms with Gasteiger partial charge < -0.3 is 10.6 Å². The van der Waals surface area contributed by atoms with Crippen LogP contribution in [0.4, 0.5) is 5.69 Å². The lowest BCUT2D eigenvalue weighted by Crippen LogP contribution is -2.31. The van der Waals surface area contributed by atoms with Crippen LogP contribution in [0.1, 0.15) is 10.4 Å². The highest BCUT2D eigenvalue weighted by molar-refractivity contribution is 9.10. The van der Waals surface area contributed by atoms with E-state index in [-0.39, 0.29) is 19.0 Å². The summed E-state index contributed by atoms with van der Waals surface area (Å²) in [6, 6.07) is 8.43. The number of benzene rings is 1. The maximum absolute atomic E-state index is 11.9. The first-order valence-electron chi connectivity index (χ1n) is 4.68. The summed E-state index contributed by atoms with van der Waals surface area (Å²) in [5.41, 5.74) is 6.45. The second kappa shape index (κ2) is 5.88. The van der Waals surface area contributed by atoms with Gasteiger partial charge in [0.25, 0.3) is 5.91 Å². The number of nitrogen functional groups attached to an aromatic ring is 1. The van der Waals surface area contributed by atoms with Crippen LogP contribution < -0.4 is 5.73 Å². The minimum atomic E-state index is -0.382. The van der Waals surface area contributed by atoms with E-state index in [1.54, 1.807) is 12.1 Å². The number of hydrogen-bond donors (Lipinski definition) is 1. The molecule has 0 saturated carbocycles. The van der Waals surface area contributed by atoms with Gasteiger partial charge in [-0.1, -0.05) is 0 Å². The molecule has 0 radical (unpaired) electrons. The second-order valence-electron chi connectivity index (χ2n) is 3.21. The van der Waals surface area contributed by atoms with Gasteiger partial charge in [-0.05, 0) is 34.1 Å². The van der Waals surface area contributed by atoms with E-state index < -0.39 is 0 Å².